The number of ketones is 1. The summed E-state index contributed by atoms with van der Waals surface area (Å²) in [4.78, 5) is 36.3. The monoisotopic (exact) mass is 687 g/mol. The van der Waals surface area contributed by atoms with Gasteiger partial charge in [-0.1, -0.05) is 166 Å². The van der Waals surface area contributed by atoms with Crippen molar-refractivity contribution < 1.29 is 29.0 Å². The second-order valence-electron chi connectivity index (χ2n) is 13.9. The van der Waals surface area contributed by atoms with Gasteiger partial charge >= 0.3 is 11.9 Å². The standard InChI is InChI=1S/C43H74O6/c1-4-5-6-7-8-9-10-13-17-20-23-26-29-33-40(45)34-31-36-42(46)48-38-41(37-44)49-43(47)35-30-27-24-21-18-15-12-11-14-16-19-22-25-28-32-39(2)3/h8-9,13,17,23,26,29,33,39,41,44H,4-7,10-12,14-16,18-22,24-25,27-28,30-32,34-38H2,1-3H3/b9-8-,17-13-,26-23-,33-29+/t41-/m0/s1. The van der Waals surface area contributed by atoms with Crippen LogP contribution in [0.4, 0.5) is 0 Å². The zero-order valence-electron chi connectivity index (χ0n) is 31.9. The predicted octanol–water partition coefficient (Wildman–Crippen LogP) is 11.7. The first kappa shape index (κ1) is 46.5. The maximum absolute atomic E-state index is 12.2. The van der Waals surface area contributed by atoms with Crippen LogP contribution < -0.4 is 0 Å². The zero-order chi connectivity index (χ0) is 36.0. The summed E-state index contributed by atoms with van der Waals surface area (Å²) >= 11 is 0. The van der Waals surface area contributed by atoms with Crippen LogP contribution in [0.15, 0.2) is 48.6 Å². The lowest BCUT2D eigenvalue weighted by Gasteiger charge is -2.15. The van der Waals surface area contributed by atoms with Crippen molar-refractivity contribution in [3.8, 4) is 0 Å². The maximum atomic E-state index is 12.2. The first-order chi connectivity index (χ1) is 23.9. The normalized spacial score (nSPS) is 12.7. The molecule has 0 saturated heterocycles. The van der Waals surface area contributed by atoms with E-state index >= 15 is 0 Å². The number of esters is 2. The summed E-state index contributed by atoms with van der Waals surface area (Å²) in [6.07, 6.45) is 41.7. The minimum atomic E-state index is -0.862. The maximum Gasteiger partial charge on any atom is 0.306 e. The van der Waals surface area contributed by atoms with Crippen molar-refractivity contribution in [2.45, 2.75) is 187 Å². The number of hydrogen-bond acceptors (Lipinski definition) is 6. The summed E-state index contributed by atoms with van der Waals surface area (Å²) < 4.78 is 10.5. The minimum absolute atomic E-state index is 0.0489. The molecule has 6 nitrogen and oxygen atoms in total. The Labute approximate surface area is 301 Å². The molecule has 0 amide bonds. The van der Waals surface area contributed by atoms with Gasteiger partial charge in [0.2, 0.25) is 0 Å². The van der Waals surface area contributed by atoms with Crippen molar-refractivity contribution >= 4 is 17.7 Å². The molecule has 0 heterocycles. The topological polar surface area (TPSA) is 89.9 Å². The van der Waals surface area contributed by atoms with Gasteiger partial charge in [-0.15, -0.1) is 0 Å². The van der Waals surface area contributed by atoms with Gasteiger partial charge in [0, 0.05) is 19.3 Å². The highest BCUT2D eigenvalue weighted by Crippen LogP contribution is 2.15. The van der Waals surface area contributed by atoms with Crippen molar-refractivity contribution in [3.05, 3.63) is 48.6 Å². The Hall–Kier alpha value is -2.47. The number of rotatable bonds is 35. The SMILES string of the molecule is CCCCC/C=C\C/C=C\C/C=C\C=C\C(=O)CCCC(=O)OC[C@H](CO)OC(=O)CCCCCCCCCCCCCCCCC(C)C. The highest BCUT2D eigenvalue weighted by molar-refractivity contribution is 5.90. The van der Waals surface area contributed by atoms with Crippen LogP contribution in [0.1, 0.15) is 181 Å². The molecule has 0 aliphatic carbocycles. The molecule has 0 unspecified atom stereocenters. The molecule has 0 saturated carbocycles. The number of allylic oxidation sites excluding steroid dienone is 8. The molecule has 1 atom stereocenters. The van der Waals surface area contributed by atoms with Crippen molar-refractivity contribution in [2.75, 3.05) is 13.2 Å². The molecule has 0 rings (SSSR count). The summed E-state index contributed by atoms with van der Waals surface area (Å²) in [5.74, 6) is -0.0532. The molecule has 0 aromatic heterocycles. The second kappa shape index (κ2) is 36.8. The Kier molecular flexibility index (Phi) is 34.9. The van der Waals surface area contributed by atoms with Gasteiger partial charge in [-0.3, -0.25) is 14.4 Å². The third-order valence-corrected chi connectivity index (χ3v) is 8.53. The van der Waals surface area contributed by atoms with E-state index in [1.54, 1.807) is 6.08 Å². The third kappa shape index (κ3) is 36.6. The fourth-order valence-corrected chi connectivity index (χ4v) is 5.46. The van der Waals surface area contributed by atoms with Crippen LogP contribution in [0.3, 0.4) is 0 Å². The van der Waals surface area contributed by atoms with E-state index in [0.717, 1.165) is 44.4 Å². The van der Waals surface area contributed by atoms with Crippen molar-refractivity contribution in [1.82, 2.24) is 0 Å². The van der Waals surface area contributed by atoms with Crippen molar-refractivity contribution in [1.29, 1.82) is 0 Å². The number of unbranched alkanes of at least 4 members (excludes halogenated alkanes) is 16. The van der Waals surface area contributed by atoms with E-state index in [9.17, 15) is 19.5 Å². The Bertz CT molecular complexity index is 900. The minimum Gasteiger partial charge on any atom is -0.462 e. The number of aliphatic hydroxyl groups is 1. The average Bonchev–Trinajstić information content (AvgIpc) is 3.08. The quantitative estimate of drug-likeness (QED) is 0.0235. The predicted molar refractivity (Wildman–Crippen MR) is 205 cm³/mol. The van der Waals surface area contributed by atoms with Crippen molar-refractivity contribution in [3.63, 3.8) is 0 Å². The molecule has 0 bridgehead atoms. The zero-order valence-corrected chi connectivity index (χ0v) is 31.9. The molecule has 1 N–H and O–H groups in total. The molecule has 282 valence electrons. The number of carbonyl (C=O) groups is 3. The lowest BCUT2D eigenvalue weighted by atomic mass is 10.0. The number of ether oxygens (including phenoxy) is 2. The van der Waals surface area contributed by atoms with E-state index in [1.165, 1.54) is 102 Å². The van der Waals surface area contributed by atoms with Gasteiger partial charge in [-0.2, -0.15) is 0 Å². The molecular formula is C43H74O6. The van der Waals surface area contributed by atoms with E-state index in [2.05, 4.69) is 45.1 Å². The van der Waals surface area contributed by atoms with Gasteiger partial charge < -0.3 is 14.6 Å². The number of hydrogen-bond donors (Lipinski definition) is 1. The molecule has 49 heavy (non-hydrogen) atoms. The molecule has 6 heteroatoms. The fourth-order valence-electron chi connectivity index (χ4n) is 5.46. The average molecular weight is 687 g/mol. The van der Waals surface area contributed by atoms with Gasteiger partial charge in [0.1, 0.15) is 6.61 Å². The van der Waals surface area contributed by atoms with Crippen LogP contribution in [0, 0.1) is 5.92 Å². The molecule has 0 radical (unpaired) electrons. The molecule has 0 spiro atoms. The third-order valence-electron chi connectivity index (χ3n) is 8.53. The second-order valence-corrected chi connectivity index (χ2v) is 13.9. The number of aliphatic hydroxyl groups excluding tert-OH is 1. The van der Waals surface area contributed by atoms with Gasteiger partial charge in [0.05, 0.1) is 6.61 Å². The Morgan fingerprint density at radius 1 is 0.592 bits per heavy atom. The van der Waals surface area contributed by atoms with E-state index in [0.29, 0.717) is 12.8 Å². The smallest absolute Gasteiger partial charge is 0.306 e. The summed E-state index contributed by atoms with van der Waals surface area (Å²) in [7, 11) is 0. The summed E-state index contributed by atoms with van der Waals surface area (Å²) in [5.41, 5.74) is 0. The Morgan fingerprint density at radius 3 is 1.73 bits per heavy atom. The van der Waals surface area contributed by atoms with Crippen LogP contribution in [-0.4, -0.2) is 42.1 Å². The lowest BCUT2D eigenvalue weighted by Crippen LogP contribution is -2.28. The first-order valence-corrected chi connectivity index (χ1v) is 20.0. The van der Waals surface area contributed by atoms with Gasteiger partial charge in [0.15, 0.2) is 11.9 Å². The molecular weight excluding hydrogens is 612 g/mol. The van der Waals surface area contributed by atoms with E-state index < -0.39 is 18.7 Å². The van der Waals surface area contributed by atoms with E-state index in [-0.39, 0.29) is 31.2 Å². The first-order valence-electron chi connectivity index (χ1n) is 20.0. The molecule has 0 aliphatic rings. The molecule has 0 fully saturated rings. The lowest BCUT2D eigenvalue weighted by molar-refractivity contribution is -0.161. The van der Waals surface area contributed by atoms with Crippen LogP contribution in [0.2, 0.25) is 0 Å². The van der Waals surface area contributed by atoms with Crippen molar-refractivity contribution in [2.24, 2.45) is 5.92 Å². The van der Waals surface area contributed by atoms with E-state index in [4.69, 9.17) is 9.47 Å². The Balaban J connectivity index is 3.74. The molecule has 0 aromatic carbocycles. The fraction of sp³-hybridized carbons (Fsp3) is 0.744. The van der Waals surface area contributed by atoms with Gasteiger partial charge in [-0.25, -0.2) is 0 Å². The van der Waals surface area contributed by atoms with Crippen LogP contribution in [0.25, 0.3) is 0 Å². The Morgan fingerprint density at radius 2 is 1.14 bits per heavy atom. The highest BCUT2D eigenvalue weighted by Gasteiger charge is 2.16. The highest BCUT2D eigenvalue weighted by atomic mass is 16.6. The van der Waals surface area contributed by atoms with E-state index in [1.807, 2.05) is 12.2 Å². The van der Waals surface area contributed by atoms with Crippen LogP contribution in [0.5, 0.6) is 0 Å². The van der Waals surface area contributed by atoms with Gasteiger partial charge in [0.25, 0.3) is 0 Å². The van der Waals surface area contributed by atoms with Gasteiger partial charge in [-0.05, 0) is 50.5 Å². The van der Waals surface area contributed by atoms with Crippen LogP contribution >= 0.6 is 0 Å². The summed E-state index contributed by atoms with van der Waals surface area (Å²) in [6, 6.07) is 0. The summed E-state index contributed by atoms with van der Waals surface area (Å²) in [5, 5.41) is 9.54. The largest absolute Gasteiger partial charge is 0.462 e. The van der Waals surface area contributed by atoms with Crippen LogP contribution in [-0.2, 0) is 23.9 Å². The number of carbonyl (C=O) groups excluding carboxylic acids is 3. The summed E-state index contributed by atoms with van der Waals surface area (Å²) in [6.45, 7) is 6.24. The molecule has 0 aliphatic heterocycles. The molecule has 0 aromatic rings.